The van der Waals surface area contributed by atoms with Crippen molar-refractivity contribution in [1.29, 1.82) is 0 Å². The van der Waals surface area contributed by atoms with Crippen LogP contribution >= 0.6 is 11.8 Å². The van der Waals surface area contributed by atoms with Crippen molar-refractivity contribution in [2.45, 2.75) is 37.6 Å². The molecular formula is C13H20N2OS. The summed E-state index contributed by atoms with van der Waals surface area (Å²) in [7, 11) is 0. The van der Waals surface area contributed by atoms with Crippen LogP contribution in [0.5, 0.6) is 0 Å². The van der Waals surface area contributed by atoms with Crippen molar-refractivity contribution in [3.8, 4) is 0 Å². The second-order valence-electron chi connectivity index (χ2n) is 4.15. The number of nitrogens with one attached hydrogen (secondary N) is 1. The lowest BCUT2D eigenvalue weighted by Gasteiger charge is -2.22. The van der Waals surface area contributed by atoms with Crippen LogP contribution < -0.4 is 11.1 Å². The van der Waals surface area contributed by atoms with Gasteiger partial charge in [0.2, 0.25) is 5.91 Å². The average Bonchev–Trinajstić information content (AvgIpc) is 2.32. The third-order valence-corrected chi connectivity index (χ3v) is 3.64. The molecule has 1 atom stereocenters. The van der Waals surface area contributed by atoms with E-state index in [1.165, 1.54) is 0 Å². The Morgan fingerprint density at radius 1 is 1.41 bits per heavy atom. The molecule has 0 spiro atoms. The van der Waals surface area contributed by atoms with Crippen LogP contribution in [0, 0.1) is 0 Å². The Balaban J connectivity index is 2.84. The van der Waals surface area contributed by atoms with Crippen molar-refractivity contribution >= 4 is 23.4 Å². The Hall–Kier alpha value is -1.00. The zero-order valence-corrected chi connectivity index (χ0v) is 11.4. The van der Waals surface area contributed by atoms with E-state index in [0.717, 1.165) is 16.3 Å². The highest BCUT2D eigenvalue weighted by molar-refractivity contribution is 7.99. The van der Waals surface area contributed by atoms with Crippen LogP contribution in [0.3, 0.4) is 0 Å². The van der Waals surface area contributed by atoms with Crippen LogP contribution in [-0.4, -0.2) is 17.2 Å². The van der Waals surface area contributed by atoms with Crippen molar-refractivity contribution in [2.75, 3.05) is 11.1 Å². The van der Waals surface area contributed by atoms with Crippen molar-refractivity contribution in [1.82, 2.24) is 0 Å². The molecular weight excluding hydrogens is 232 g/mol. The smallest absolute Gasteiger partial charge is 0.244 e. The number of carbonyl (C=O) groups is 1. The van der Waals surface area contributed by atoms with E-state index in [2.05, 4.69) is 12.2 Å². The van der Waals surface area contributed by atoms with Gasteiger partial charge in [-0.15, -0.1) is 11.8 Å². The summed E-state index contributed by atoms with van der Waals surface area (Å²) in [4.78, 5) is 13.1. The van der Waals surface area contributed by atoms with Gasteiger partial charge in [0.15, 0.2) is 0 Å². The molecule has 0 saturated carbocycles. The topological polar surface area (TPSA) is 55.1 Å². The van der Waals surface area contributed by atoms with Gasteiger partial charge >= 0.3 is 0 Å². The van der Waals surface area contributed by atoms with E-state index in [4.69, 9.17) is 5.73 Å². The summed E-state index contributed by atoms with van der Waals surface area (Å²) in [6.07, 6.45) is 0.613. The molecule has 0 saturated heterocycles. The normalized spacial score (nSPS) is 14.1. The number of nitrogens with two attached hydrogens (primary N) is 1. The Labute approximate surface area is 107 Å². The van der Waals surface area contributed by atoms with E-state index < -0.39 is 5.54 Å². The molecule has 1 unspecified atom stereocenters. The van der Waals surface area contributed by atoms with E-state index in [9.17, 15) is 4.79 Å². The highest BCUT2D eigenvalue weighted by atomic mass is 32.2. The molecule has 1 rings (SSSR count). The molecule has 1 amide bonds. The molecule has 0 aromatic heterocycles. The van der Waals surface area contributed by atoms with Crippen LogP contribution in [0.1, 0.15) is 27.2 Å². The van der Waals surface area contributed by atoms with Crippen LogP contribution in [-0.2, 0) is 4.79 Å². The van der Waals surface area contributed by atoms with E-state index in [-0.39, 0.29) is 5.91 Å². The zero-order valence-electron chi connectivity index (χ0n) is 10.6. The number of hydrogen-bond acceptors (Lipinski definition) is 3. The lowest BCUT2D eigenvalue weighted by Crippen LogP contribution is -2.47. The predicted molar refractivity (Wildman–Crippen MR) is 74.4 cm³/mol. The summed E-state index contributed by atoms with van der Waals surface area (Å²) in [5.74, 6) is 0.838. The monoisotopic (exact) mass is 252 g/mol. The predicted octanol–water partition coefficient (Wildman–Crippen LogP) is 2.86. The van der Waals surface area contributed by atoms with Crippen LogP contribution in [0.4, 0.5) is 5.69 Å². The Morgan fingerprint density at radius 3 is 2.65 bits per heavy atom. The summed E-state index contributed by atoms with van der Waals surface area (Å²) in [6.45, 7) is 5.74. The van der Waals surface area contributed by atoms with Gasteiger partial charge in [-0.2, -0.15) is 0 Å². The van der Waals surface area contributed by atoms with Gasteiger partial charge < -0.3 is 11.1 Å². The van der Waals surface area contributed by atoms with Crippen molar-refractivity contribution in [2.24, 2.45) is 5.73 Å². The minimum absolute atomic E-state index is 0.135. The molecule has 0 bridgehead atoms. The lowest BCUT2D eigenvalue weighted by molar-refractivity contribution is -0.120. The number of rotatable bonds is 5. The Kier molecular flexibility index (Phi) is 5.02. The van der Waals surface area contributed by atoms with Crippen LogP contribution in [0.15, 0.2) is 29.2 Å². The molecule has 17 heavy (non-hydrogen) atoms. The molecule has 0 fully saturated rings. The number of anilines is 1. The van der Waals surface area contributed by atoms with Gasteiger partial charge in [0, 0.05) is 4.90 Å². The van der Waals surface area contributed by atoms with Crippen LogP contribution in [0.2, 0.25) is 0 Å². The van der Waals surface area contributed by atoms with E-state index >= 15 is 0 Å². The molecule has 1 aromatic carbocycles. The summed E-state index contributed by atoms with van der Waals surface area (Å²) in [5, 5.41) is 2.90. The number of thioether (sulfide) groups is 1. The second kappa shape index (κ2) is 6.07. The highest BCUT2D eigenvalue weighted by Gasteiger charge is 2.26. The molecule has 0 aliphatic rings. The molecule has 0 aliphatic heterocycles. The molecule has 3 nitrogen and oxygen atoms in total. The Bertz CT molecular complexity index is 391. The van der Waals surface area contributed by atoms with Gasteiger partial charge in [-0.3, -0.25) is 4.79 Å². The van der Waals surface area contributed by atoms with E-state index in [1.807, 2.05) is 31.2 Å². The summed E-state index contributed by atoms with van der Waals surface area (Å²) >= 11 is 1.71. The third kappa shape index (κ3) is 3.75. The van der Waals surface area contributed by atoms with Crippen LogP contribution in [0.25, 0.3) is 0 Å². The second-order valence-corrected chi connectivity index (χ2v) is 5.46. The van der Waals surface area contributed by atoms with Gasteiger partial charge in [-0.05, 0) is 31.2 Å². The fraction of sp³-hybridized carbons (Fsp3) is 0.462. The maximum absolute atomic E-state index is 12.0. The van der Waals surface area contributed by atoms with E-state index in [0.29, 0.717) is 6.42 Å². The first-order valence-corrected chi connectivity index (χ1v) is 6.82. The number of para-hydroxylation sites is 1. The van der Waals surface area contributed by atoms with Gasteiger partial charge in [0.05, 0.1) is 11.2 Å². The highest BCUT2D eigenvalue weighted by Crippen LogP contribution is 2.27. The Morgan fingerprint density at radius 2 is 2.06 bits per heavy atom. The van der Waals surface area contributed by atoms with Gasteiger partial charge in [-0.1, -0.05) is 26.0 Å². The maximum atomic E-state index is 12.0. The fourth-order valence-electron chi connectivity index (χ4n) is 1.28. The minimum Gasteiger partial charge on any atom is -0.323 e. The third-order valence-electron chi connectivity index (χ3n) is 2.69. The molecule has 1 aromatic rings. The summed E-state index contributed by atoms with van der Waals surface area (Å²) < 4.78 is 0. The lowest BCUT2D eigenvalue weighted by atomic mass is 9.99. The van der Waals surface area contributed by atoms with Gasteiger partial charge in [0.25, 0.3) is 0 Å². The number of benzene rings is 1. The summed E-state index contributed by atoms with van der Waals surface area (Å²) in [5.41, 5.74) is 5.94. The van der Waals surface area contributed by atoms with Crippen molar-refractivity contribution < 1.29 is 4.79 Å². The summed E-state index contributed by atoms with van der Waals surface area (Å²) in [6, 6.07) is 7.79. The maximum Gasteiger partial charge on any atom is 0.244 e. The molecule has 0 radical (unpaired) electrons. The largest absolute Gasteiger partial charge is 0.323 e. The van der Waals surface area contributed by atoms with Crippen molar-refractivity contribution in [3.05, 3.63) is 24.3 Å². The number of amides is 1. The first kappa shape index (κ1) is 14.1. The quantitative estimate of drug-likeness (QED) is 0.792. The number of carbonyl (C=O) groups excluding carboxylic acids is 1. The molecule has 3 N–H and O–H groups in total. The molecule has 4 heteroatoms. The molecule has 0 heterocycles. The fourth-order valence-corrected chi connectivity index (χ4v) is 2.04. The standard InChI is InChI=1S/C13H20N2OS/c1-4-13(3,14)12(16)15-10-8-6-7-9-11(10)17-5-2/h6-9H,4-5,14H2,1-3H3,(H,15,16). The first-order valence-electron chi connectivity index (χ1n) is 5.83. The van der Waals surface area contributed by atoms with Crippen molar-refractivity contribution in [3.63, 3.8) is 0 Å². The van der Waals surface area contributed by atoms with Gasteiger partial charge in [0.1, 0.15) is 0 Å². The zero-order chi connectivity index (χ0) is 12.9. The van der Waals surface area contributed by atoms with E-state index in [1.54, 1.807) is 18.7 Å². The minimum atomic E-state index is -0.815. The molecule has 94 valence electrons. The molecule has 0 aliphatic carbocycles. The average molecular weight is 252 g/mol. The SMILES string of the molecule is CCSc1ccccc1NC(=O)C(C)(N)CC. The first-order chi connectivity index (χ1) is 8.01. The number of hydrogen-bond donors (Lipinski definition) is 2. The van der Waals surface area contributed by atoms with Gasteiger partial charge in [-0.25, -0.2) is 0 Å².